The summed E-state index contributed by atoms with van der Waals surface area (Å²) < 4.78 is 15.5. The number of hydrogen-bond donors (Lipinski definition) is 1. The minimum absolute atomic E-state index is 0.117. The Kier molecular flexibility index (Phi) is 5.74. The van der Waals surface area contributed by atoms with Crippen LogP contribution in [0.2, 0.25) is 0 Å². The van der Waals surface area contributed by atoms with Crippen molar-refractivity contribution >= 4 is 22.8 Å². The van der Waals surface area contributed by atoms with Crippen LogP contribution in [0.25, 0.3) is 11.0 Å². The topological polar surface area (TPSA) is 94.8 Å². The molecule has 144 valence electrons. The smallest absolute Gasteiger partial charge is 0.336 e. The number of ether oxygens (including phenoxy) is 2. The van der Waals surface area contributed by atoms with Crippen LogP contribution in [0, 0.1) is 6.92 Å². The first-order valence-corrected chi connectivity index (χ1v) is 8.57. The molecule has 3 rings (SSSR count). The van der Waals surface area contributed by atoms with Crippen LogP contribution in [0.4, 0.5) is 0 Å². The van der Waals surface area contributed by atoms with Crippen LogP contribution in [0.1, 0.15) is 21.5 Å². The number of fused-ring (bicyclic) bond motifs is 1. The molecule has 1 N–H and O–H groups in total. The molecule has 3 aromatic rings. The summed E-state index contributed by atoms with van der Waals surface area (Å²) in [4.78, 5) is 35.8. The number of carbonyl (C=O) groups excluding carboxylic acids is 2. The zero-order valence-electron chi connectivity index (χ0n) is 15.5. The van der Waals surface area contributed by atoms with E-state index in [1.807, 2.05) is 13.0 Å². The van der Waals surface area contributed by atoms with Crippen molar-refractivity contribution in [3.05, 3.63) is 75.6 Å². The Bertz CT molecular complexity index is 1090. The van der Waals surface area contributed by atoms with E-state index in [0.29, 0.717) is 27.8 Å². The number of methoxy groups -OCH3 is 1. The maximum absolute atomic E-state index is 12.1. The van der Waals surface area contributed by atoms with Crippen molar-refractivity contribution in [1.29, 1.82) is 0 Å². The molecule has 1 heterocycles. The van der Waals surface area contributed by atoms with Gasteiger partial charge in [0.25, 0.3) is 5.91 Å². The predicted octanol–water partition coefficient (Wildman–Crippen LogP) is 2.58. The summed E-state index contributed by atoms with van der Waals surface area (Å²) in [6.45, 7) is 1.48. The average molecular weight is 381 g/mol. The van der Waals surface area contributed by atoms with Gasteiger partial charge in [-0.15, -0.1) is 0 Å². The van der Waals surface area contributed by atoms with Gasteiger partial charge in [0.2, 0.25) is 0 Å². The lowest BCUT2D eigenvalue weighted by Crippen LogP contribution is -2.30. The van der Waals surface area contributed by atoms with Crippen LogP contribution in [0.3, 0.4) is 0 Å². The second-order valence-corrected chi connectivity index (χ2v) is 6.17. The normalized spacial score (nSPS) is 10.5. The number of carbonyl (C=O) groups is 2. The van der Waals surface area contributed by atoms with E-state index in [0.717, 1.165) is 5.56 Å². The van der Waals surface area contributed by atoms with Crippen LogP contribution in [-0.2, 0) is 16.1 Å². The molecule has 1 amide bonds. The van der Waals surface area contributed by atoms with E-state index in [9.17, 15) is 14.4 Å². The fourth-order valence-corrected chi connectivity index (χ4v) is 2.71. The van der Waals surface area contributed by atoms with Crippen LogP contribution < -0.4 is 15.7 Å². The highest BCUT2D eigenvalue weighted by Gasteiger charge is 2.12. The Hall–Kier alpha value is -3.61. The molecule has 0 fully saturated rings. The molecule has 0 radical (unpaired) electrons. The lowest BCUT2D eigenvalue weighted by atomic mass is 10.1. The third kappa shape index (κ3) is 4.56. The first-order valence-electron chi connectivity index (χ1n) is 8.57. The average Bonchev–Trinajstić information content (AvgIpc) is 2.69. The van der Waals surface area contributed by atoms with Crippen molar-refractivity contribution < 1.29 is 23.5 Å². The van der Waals surface area contributed by atoms with Crippen molar-refractivity contribution in [3.63, 3.8) is 0 Å². The van der Waals surface area contributed by atoms with Crippen LogP contribution in [0.15, 0.2) is 57.7 Å². The Morgan fingerprint density at radius 2 is 1.93 bits per heavy atom. The third-order valence-corrected chi connectivity index (χ3v) is 4.10. The summed E-state index contributed by atoms with van der Waals surface area (Å²) in [6.07, 6.45) is 0. The van der Waals surface area contributed by atoms with Gasteiger partial charge in [0.1, 0.15) is 24.5 Å². The molecule has 0 spiro atoms. The molecule has 28 heavy (non-hydrogen) atoms. The first-order chi connectivity index (χ1) is 13.5. The minimum Gasteiger partial charge on any atom is -0.497 e. The van der Waals surface area contributed by atoms with Gasteiger partial charge in [-0.3, -0.25) is 9.59 Å². The molecule has 0 aliphatic heterocycles. The van der Waals surface area contributed by atoms with Gasteiger partial charge in [0.05, 0.1) is 7.11 Å². The highest BCUT2D eigenvalue weighted by molar-refractivity contribution is 5.96. The monoisotopic (exact) mass is 381 g/mol. The Labute approximate surface area is 160 Å². The Balaban J connectivity index is 1.63. The number of hydrogen-bond acceptors (Lipinski definition) is 6. The number of rotatable bonds is 6. The van der Waals surface area contributed by atoms with Crippen molar-refractivity contribution in [1.82, 2.24) is 5.32 Å². The molecule has 0 aliphatic carbocycles. The lowest BCUT2D eigenvalue weighted by molar-refractivity contribution is -0.143. The van der Waals surface area contributed by atoms with E-state index in [4.69, 9.17) is 13.9 Å². The molecule has 0 saturated carbocycles. The van der Waals surface area contributed by atoms with Crippen LogP contribution in [-0.4, -0.2) is 25.5 Å². The van der Waals surface area contributed by atoms with Gasteiger partial charge in [-0.25, -0.2) is 4.79 Å². The highest BCUT2D eigenvalue weighted by atomic mass is 16.5. The molecule has 7 heteroatoms. The standard InChI is InChI=1S/C21H19NO6/c1-13-4-3-5-14(8-13)21(25)22-11-20(24)27-12-15-9-19(23)28-18-10-16(26-2)6-7-17(15)18/h3-10H,11-12H2,1-2H3,(H,22,25). The quantitative estimate of drug-likeness (QED) is 0.521. The van der Waals surface area contributed by atoms with Crippen molar-refractivity contribution in [3.8, 4) is 5.75 Å². The Morgan fingerprint density at radius 1 is 1.11 bits per heavy atom. The Morgan fingerprint density at radius 3 is 2.68 bits per heavy atom. The molecular formula is C21H19NO6. The van der Waals surface area contributed by atoms with Gasteiger partial charge >= 0.3 is 11.6 Å². The van der Waals surface area contributed by atoms with Gasteiger partial charge in [-0.1, -0.05) is 17.7 Å². The summed E-state index contributed by atoms with van der Waals surface area (Å²) in [7, 11) is 1.51. The largest absolute Gasteiger partial charge is 0.497 e. The molecule has 0 saturated heterocycles. The van der Waals surface area contributed by atoms with Gasteiger partial charge < -0.3 is 19.2 Å². The fraction of sp³-hybridized carbons (Fsp3) is 0.190. The van der Waals surface area contributed by atoms with Crippen LogP contribution >= 0.6 is 0 Å². The van der Waals surface area contributed by atoms with E-state index >= 15 is 0 Å². The number of benzene rings is 2. The molecule has 1 aromatic heterocycles. The maximum Gasteiger partial charge on any atom is 0.336 e. The highest BCUT2D eigenvalue weighted by Crippen LogP contribution is 2.22. The number of esters is 1. The van der Waals surface area contributed by atoms with Gasteiger partial charge in [0, 0.05) is 28.6 Å². The summed E-state index contributed by atoms with van der Waals surface area (Å²) in [5.74, 6) is -0.432. The molecule has 7 nitrogen and oxygen atoms in total. The van der Waals surface area contributed by atoms with E-state index in [-0.39, 0.29) is 19.1 Å². The van der Waals surface area contributed by atoms with Gasteiger partial charge in [-0.05, 0) is 31.2 Å². The summed E-state index contributed by atoms with van der Waals surface area (Å²) >= 11 is 0. The summed E-state index contributed by atoms with van der Waals surface area (Å²) in [5.41, 5.74) is 1.70. The number of nitrogens with one attached hydrogen (secondary N) is 1. The minimum atomic E-state index is -0.615. The summed E-state index contributed by atoms with van der Waals surface area (Å²) in [6, 6.07) is 13.3. The maximum atomic E-state index is 12.1. The van der Waals surface area contributed by atoms with Crippen LogP contribution in [0.5, 0.6) is 5.75 Å². The zero-order valence-corrected chi connectivity index (χ0v) is 15.5. The predicted molar refractivity (Wildman–Crippen MR) is 102 cm³/mol. The van der Waals surface area contributed by atoms with E-state index in [2.05, 4.69) is 5.32 Å². The number of aryl methyl sites for hydroxylation is 1. The second-order valence-electron chi connectivity index (χ2n) is 6.17. The SMILES string of the molecule is COc1ccc2c(COC(=O)CNC(=O)c3cccc(C)c3)cc(=O)oc2c1. The van der Waals surface area contributed by atoms with E-state index < -0.39 is 11.6 Å². The van der Waals surface area contributed by atoms with Gasteiger partial charge in [0.15, 0.2) is 0 Å². The van der Waals surface area contributed by atoms with E-state index in [1.165, 1.54) is 13.2 Å². The molecule has 2 aromatic carbocycles. The van der Waals surface area contributed by atoms with Crippen molar-refractivity contribution in [2.45, 2.75) is 13.5 Å². The van der Waals surface area contributed by atoms with E-state index in [1.54, 1.807) is 36.4 Å². The molecule has 0 atom stereocenters. The molecular weight excluding hydrogens is 362 g/mol. The molecule has 0 aliphatic rings. The molecule has 0 bridgehead atoms. The third-order valence-electron chi connectivity index (χ3n) is 4.10. The second kappa shape index (κ2) is 8.39. The fourth-order valence-electron chi connectivity index (χ4n) is 2.71. The van der Waals surface area contributed by atoms with Crippen molar-refractivity contribution in [2.75, 3.05) is 13.7 Å². The first kappa shape index (κ1) is 19.2. The summed E-state index contributed by atoms with van der Waals surface area (Å²) in [5, 5.41) is 3.15. The zero-order chi connectivity index (χ0) is 20.1. The molecule has 0 unspecified atom stereocenters. The van der Waals surface area contributed by atoms with Gasteiger partial charge in [-0.2, -0.15) is 0 Å². The number of amides is 1. The van der Waals surface area contributed by atoms with Crippen molar-refractivity contribution in [2.24, 2.45) is 0 Å². The lowest BCUT2D eigenvalue weighted by Gasteiger charge is -2.09.